The van der Waals surface area contributed by atoms with Gasteiger partial charge in [0.25, 0.3) is 0 Å². The number of carboxylic acids is 1. The molecule has 0 bridgehead atoms. The number of carbonyl (C=O) groups is 1. The summed E-state index contributed by atoms with van der Waals surface area (Å²) in [6.07, 6.45) is 1.53. The summed E-state index contributed by atoms with van der Waals surface area (Å²) in [6.45, 7) is 0. The van der Waals surface area contributed by atoms with E-state index in [0.29, 0.717) is 22.0 Å². The number of halogens is 2. The Morgan fingerprint density at radius 2 is 1.78 bits per heavy atom. The van der Waals surface area contributed by atoms with Gasteiger partial charge in [-0.3, -0.25) is 4.79 Å². The molecule has 2 aromatic carbocycles. The molecule has 1 heterocycles. The van der Waals surface area contributed by atoms with Crippen LogP contribution in [0.3, 0.4) is 0 Å². The molecule has 0 aliphatic heterocycles. The molecule has 0 saturated heterocycles. The Balaban J connectivity index is 2.08. The van der Waals surface area contributed by atoms with Crippen molar-refractivity contribution < 1.29 is 14.3 Å². The summed E-state index contributed by atoms with van der Waals surface area (Å²) in [5.41, 5.74) is 2.61. The van der Waals surface area contributed by atoms with Gasteiger partial charge in [0.05, 0.1) is 17.8 Å². The second-order valence-corrected chi connectivity index (χ2v) is 5.42. The summed E-state index contributed by atoms with van der Waals surface area (Å²) in [6, 6.07) is 12.9. The highest BCUT2D eigenvalue weighted by Gasteiger charge is 2.15. The molecule has 0 radical (unpaired) electrons. The summed E-state index contributed by atoms with van der Waals surface area (Å²) in [7, 11) is 0. The highest BCUT2D eigenvalue weighted by atomic mass is 35.5. The van der Waals surface area contributed by atoms with Gasteiger partial charge in [-0.15, -0.1) is 0 Å². The minimum absolute atomic E-state index is 0.202. The molecule has 1 N–H and O–H groups in total. The van der Waals surface area contributed by atoms with Crippen LogP contribution >= 0.6 is 11.6 Å². The van der Waals surface area contributed by atoms with Crippen LogP contribution in [0.15, 0.2) is 54.7 Å². The van der Waals surface area contributed by atoms with Crippen LogP contribution in [0.1, 0.15) is 5.69 Å². The van der Waals surface area contributed by atoms with Crippen LogP contribution < -0.4 is 0 Å². The molecular formula is C17H12ClFN2O2. The Hall–Kier alpha value is -2.66. The SMILES string of the molecule is O=C(O)Cc1nn(-c2ccc(F)cc2)cc1-c1ccc(Cl)cc1. The van der Waals surface area contributed by atoms with E-state index < -0.39 is 5.97 Å². The molecule has 0 spiro atoms. The van der Waals surface area contributed by atoms with Crippen LogP contribution in [0.25, 0.3) is 16.8 Å². The number of nitrogens with zero attached hydrogens (tertiary/aromatic N) is 2. The molecule has 0 aliphatic carbocycles. The lowest BCUT2D eigenvalue weighted by Crippen LogP contribution is -2.03. The molecule has 6 heteroatoms. The highest BCUT2D eigenvalue weighted by molar-refractivity contribution is 6.30. The lowest BCUT2D eigenvalue weighted by molar-refractivity contribution is -0.136. The van der Waals surface area contributed by atoms with Crippen molar-refractivity contribution in [2.45, 2.75) is 6.42 Å². The first-order chi connectivity index (χ1) is 11.0. The molecule has 3 rings (SSSR count). The monoisotopic (exact) mass is 330 g/mol. The van der Waals surface area contributed by atoms with Crippen LogP contribution in [0.5, 0.6) is 0 Å². The third kappa shape index (κ3) is 3.40. The number of aliphatic carboxylic acids is 1. The van der Waals surface area contributed by atoms with Crippen molar-refractivity contribution >= 4 is 17.6 Å². The normalized spacial score (nSPS) is 10.7. The van der Waals surface area contributed by atoms with E-state index in [0.717, 1.165) is 5.56 Å². The zero-order valence-corrected chi connectivity index (χ0v) is 12.7. The largest absolute Gasteiger partial charge is 0.481 e. The second-order valence-electron chi connectivity index (χ2n) is 4.99. The zero-order valence-electron chi connectivity index (χ0n) is 11.9. The average Bonchev–Trinajstić information content (AvgIpc) is 2.92. The number of aromatic nitrogens is 2. The van der Waals surface area contributed by atoms with E-state index in [1.54, 1.807) is 47.3 Å². The Kier molecular flexibility index (Phi) is 4.12. The van der Waals surface area contributed by atoms with Crippen molar-refractivity contribution in [1.82, 2.24) is 9.78 Å². The Morgan fingerprint density at radius 1 is 1.13 bits per heavy atom. The van der Waals surface area contributed by atoms with E-state index in [1.807, 2.05) is 0 Å². The van der Waals surface area contributed by atoms with Gasteiger partial charge in [-0.05, 0) is 42.0 Å². The summed E-state index contributed by atoms with van der Waals surface area (Å²) in [4.78, 5) is 11.1. The maximum atomic E-state index is 13.0. The summed E-state index contributed by atoms with van der Waals surface area (Å²) in [5.74, 6) is -1.31. The van der Waals surface area contributed by atoms with Crippen LogP contribution in [0.2, 0.25) is 5.02 Å². The van der Waals surface area contributed by atoms with Gasteiger partial charge in [0.2, 0.25) is 0 Å². The second kappa shape index (κ2) is 6.22. The number of carboxylic acid groups (broad SMARTS) is 1. The quantitative estimate of drug-likeness (QED) is 0.787. The topological polar surface area (TPSA) is 55.1 Å². The highest BCUT2D eigenvalue weighted by Crippen LogP contribution is 2.26. The Bertz CT molecular complexity index is 842. The molecule has 23 heavy (non-hydrogen) atoms. The molecule has 0 fully saturated rings. The standard InChI is InChI=1S/C17H12ClFN2O2/c18-12-3-1-11(2-4-12)15-10-21(20-16(15)9-17(22)23)14-7-5-13(19)6-8-14/h1-8,10H,9H2,(H,22,23). The number of hydrogen-bond donors (Lipinski definition) is 1. The van der Waals surface area contributed by atoms with Crippen molar-refractivity contribution in [3.63, 3.8) is 0 Å². The Labute approximate surface area is 136 Å². The van der Waals surface area contributed by atoms with E-state index in [1.165, 1.54) is 12.1 Å². The predicted octanol–water partition coefficient (Wildman–Crippen LogP) is 3.96. The first kappa shape index (κ1) is 15.2. The zero-order chi connectivity index (χ0) is 16.4. The van der Waals surface area contributed by atoms with Crippen molar-refractivity contribution in [3.05, 3.63) is 71.3 Å². The third-order valence-corrected chi connectivity index (χ3v) is 3.61. The van der Waals surface area contributed by atoms with Crippen molar-refractivity contribution in [3.8, 4) is 16.8 Å². The van der Waals surface area contributed by atoms with Crippen molar-refractivity contribution in [2.75, 3.05) is 0 Å². The van der Waals surface area contributed by atoms with E-state index in [-0.39, 0.29) is 12.2 Å². The van der Waals surface area contributed by atoms with Gasteiger partial charge in [0.15, 0.2) is 0 Å². The molecule has 0 saturated carbocycles. The summed E-state index contributed by atoms with van der Waals surface area (Å²) in [5, 5.41) is 14.0. The smallest absolute Gasteiger partial charge is 0.309 e. The van der Waals surface area contributed by atoms with Gasteiger partial charge in [-0.1, -0.05) is 23.7 Å². The van der Waals surface area contributed by atoms with Crippen LogP contribution in [0, 0.1) is 5.82 Å². The van der Waals surface area contributed by atoms with E-state index >= 15 is 0 Å². The molecule has 116 valence electrons. The predicted molar refractivity (Wildman–Crippen MR) is 85.3 cm³/mol. The number of hydrogen-bond acceptors (Lipinski definition) is 2. The van der Waals surface area contributed by atoms with Crippen LogP contribution in [-0.2, 0) is 11.2 Å². The fourth-order valence-electron chi connectivity index (χ4n) is 2.28. The van der Waals surface area contributed by atoms with E-state index in [2.05, 4.69) is 5.10 Å². The van der Waals surface area contributed by atoms with Gasteiger partial charge in [-0.25, -0.2) is 9.07 Å². The minimum Gasteiger partial charge on any atom is -0.481 e. The molecule has 0 atom stereocenters. The van der Waals surface area contributed by atoms with E-state index in [4.69, 9.17) is 16.7 Å². The molecule has 0 amide bonds. The summed E-state index contributed by atoms with van der Waals surface area (Å²) >= 11 is 5.89. The fraction of sp³-hybridized carbons (Fsp3) is 0.0588. The van der Waals surface area contributed by atoms with Gasteiger partial charge in [0.1, 0.15) is 5.82 Å². The molecule has 1 aromatic heterocycles. The van der Waals surface area contributed by atoms with Gasteiger partial charge in [0, 0.05) is 16.8 Å². The van der Waals surface area contributed by atoms with Gasteiger partial charge < -0.3 is 5.11 Å². The number of rotatable bonds is 4. The van der Waals surface area contributed by atoms with Gasteiger partial charge in [-0.2, -0.15) is 5.10 Å². The first-order valence-corrected chi connectivity index (χ1v) is 7.23. The van der Waals surface area contributed by atoms with Gasteiger partial charge >= 0.3 is 5.97 Å². The lowest BCUT2D eigenvalue weighted by Gasteiger charge is -2.00. The molecule has 0 unspecified atom stereocenters. The average molecular weight is 331 g/mol. The van der Waals surface area contributed by atoms with Crippen molar-refractivity contribution in [2.24, 2.45) is 0 Å². The third-order valence-electron chi connectivity index (χ3n) is 3.36. The lowest BCUT2D eigenvalue weighted by atomic mass is 10.1. The molecule has 4 nitrogen and oxygen atoms in total. The maximum Gasteiger partial charge on any atom is 0.309 e. The molecule has 0 aliphatic rings. The minimum atomic E-state index is -0.968. The fourth-order valence-corrected chi connectivity index (χ4v) is 2.41. The van der Waals surface area contributed by atoms with E-state index in [9.17, 15) is 9.18 Å². The number of benzene rings is 2. The Morgan fingerprint density at radius 3 is 2.39 bits per heavy atom. The van der Waals surface area contributed by atoms with Crippen molar-refractivity contribution in [1.29, 1.82) is 0 Å². The summed E-state index contributed by atoms with van der Waals surface area (Å²) < 4.78 is 14.6. The molecular weight excluding hydrogens is 319 g/mol. The van der Waals surface area contributed by atoms with Crippen LogP contribution in [-0.4, -0.2) is 20.9 Å². The van der Waals surface area contributed by atoms with Crippen LogP contribution in [0.4, 0.5) is 4.39 Å². The molecule has 3 aromatic rings. The first-order valence-electron chi connectivity index (χ1n) is 6.85. The maximum absolute atomic E-state index is 13.0.